The predicted molar refractivity (Wildman–Crippen MR) is 77.5 cm³/mol. The van der Waals surface area contributed by atoms with Gasteiger partial charge in [-0.15, -0.1) is 0 Å². The first-order chi connectivity index (χ1) is 8.58. The Labute approximate surface area is 114 Å². The van der Waals surface area contributed by atoms with Gasteiger partial charge in [-0.1, -0.05) is 17.7 Å². The lowest BCUT2D eigenvalue weighted by atomic mass is 9.92. The molecule has 98 valence electrons. The maximum atomic E-state index is 6.36. The number of hydrogen-bond donors (Lipinski definition) is 1. The molecule has 3 rings (SSSR count). The van der Waals surface area contributed by atoms with Crippen molar-refractivity contribution in [3.8, 4) is 0 Å². The fourth-order valence-electron chi connectivity index (χ4n) is 3.07. The van der Waals surface area contributed by atoms with Gasteiger partial charge in [0, 0.05) is 25.2 Å². The van der Waals surface area contributed by atoms with Crippen molar-refractivity contribution < 1.29 is 0 Å². The van der Waals surface area contributed by atoms with Crippen LogP contribution < -0.4 is 10.2 Å². The molecule has 1 N–H and O–H groups in total. The average Bonchev–Trinajstić information content (AvgIpc) is 3.17. The molecule has 2 nitrogen and oxygen atoms in total. The Kier molecular flexibility index (Phi) is 3.03. The Bertz CT molecular complexity index is 456. The second kappa shape index (κ2) is 4.43. The maximum absolute atomic E-state index is 6.36. The molecule has 2 fully saturated rings. The molecule has 1 atom stereocenters. The number of nitrogens with one attached hydrogen (secondary N) is 1. The van der Waals surface area contributed by atoms with E-state index < -0.39 is 0 Å². The van der Waals surface area contributed by atoms with Gasteiger partial charge < -0.3 is 10.2 Å². The average molecular weight is 265 g/mol. The molecular weight excluding hydrogens is 244 g/mol. The number of halogens is 1. The van der Waals surface area contributed by atoms with Gasteiger partial charge in [0.1, 0.15) is 0 Å². The summed E-state index contributed by atoms with van der Waals surface area (Å²) in [5.41, 5.74) is 2.75. The number of hydrogen-bond acceptors (Lipinski definition) is 2. The zero-order chi connectivity index (χ0) is 12.8. The van der Waals surface area contributed by atoms with Gasteiger partial charge in [-0.3, -0.25) is 0 Å². The highest BCUT2D eigenvalue weighted by Gasteiger charge is 2.44. The molecule has 0 radical (unpaired) electrons. The van der Waals surface area contributed by atoms with Crippen LogP contribution in [0, 0.1) is 12.8 Å². The molecule has 1 aromatic rings. The molecule has 1 saturated carbocycles. The maximum Gasteiger partial charge on any atom is 0.0639 e. The monoisotopic (exact) mass is 264 g/mol. The van der Waals surface area contributed by atoms with E-state index in [9.17, 15) is 0 Å². The van der Waals surface area contributed by atoms with Crippen molar-refractivity contribution in [3.05, 3.63) is 28.8 Å². The van der Waals surface area contributed by atoms with Crippen LogP contribution >= 0.6 is 11.6 Å². The van der Waals surface area contributed by atoms with Gasteiger partial charge in [0.05, 0.1) is 10.7 Å². The number of anilines is 1. The zero-order valence-electron chi connectivity index (χ0n) is 11.2. The molecule has 3 heteroatoms. The summed E-state index contributed by atoms with van der Waals surface area (Å²) in [6, 6.07) is 6.30. The first-order valence-electron chi connectivity index (χ1n) is 6.85. The Balaban J connectivity index is 1.85. The third-order valence-electron chi connectivity index (χ3n) is 4.35. The molecule has 2 aliphatic rings. The fourth-order valence-corrected chi connectivity index (χ4v) is 3.31. The fraction of sp³-hybridized carbons (Fsp3) is 0.600. The highest BCUT2D eigenvalue weighted by Crippen LogP contribution is 2.42. The molecule has 1 heterocycles. The number of benzene rings is 1. The van der Waals surface area contributed by atoms with Gasteiger partial charge in [0.2, 0.25) is 0 Å². The van der Waals surface area contributed by atoms with Crippen LogP contribution in [-0.2, 0) is 0 Å². The van der Waals surface area contributed by atoms with Gasteiger partial charge in [0.15, 0.2) is 0 Å². The van der Waals surface area contributed by atoms with E-state index in [0.717, 1.165) is 30.6 Å². The topological polar surface area (TPSA) is 15.3 Å². The van der Waals surface area contributed by atoms with E-state index in [2.05, 4.69) is 36.2 Å². The summed E-state index contributed by atoms with van der Waals surface area (Å²) in [5.74, 6) is 0.851. The van der Waals surface area contributed by atoms with E-state index >= 15 is 0 Å². The largest absolute Gasteiger partial charge is 0.367 e. The van der Waals surface area contributed by atoms with Crippen LogP contribution in [0.4, 0.5) is 5.69 Å². The smallest absolute Gasteiger partial charge is 0.0639 e. The summed E-state index contributed by atoms with van der Waals surface area (Å²) in [6.07, 6.45) is 2.75. The van der Waals surface area contributed by atoms with Crippen molar-refractivity contribution in [1.82, 2.24) is 5.32 Å². The van der Waals surface area contributed by atoms with Crippen LogP contribution in [0.2, 0.25) is 5.02 Å². The SMILES string of the molecule is Cc1ccc(Cl)c(N2CCNC(C)(C3CC3)C2)c1. The Morgan fingerprint density at radius 1 is 1.39 bits per heavy atom. The lowest BCUT2D eigenvalue weighted by Crippen LogP contribution is -2.60. The van der Waals surface area contributed by atoms with Gasteiger partial charge >= 0.3 is 0 Å². The predicted octanol–water partition coefficient (Wildman–Crippen LogP) is 3.23. The van der Waals surface area contributed by atoms with Crippen molar-refractivity contribution in [3.63, 3.8) is 0 Å². The summed E-state index contributed by atoms with van der Waals surface area (Å²) in [5, 5.41) is 4.58. The molecule has 1 aromatic carbocycles. The second-order valence-corrected chi connectivity index (χ2v) is 6.40. The molecule has 1 aliphatic heterocycles. The first kappa shape index (κ1) is 12.3. The lowest BCUT2D eigenvalue weighted by molar-refractivity contribution is 0.285. The van der Waals surface area contributed by atoms with Crippen molar-refractivity contribution >= 4 is 17.3 Å². The van der Waals surface area contributed by atoms with Gasteiger partial charge in [0.25, 0.3) is 0 Å². The van der Waals surface area contributed by atoms with Crippen LogP contribution in [-0.4, -0.2) is 25.2 Å². The third-order valence-corrected chi connectivity index (χ3v) is 4.67. The molecule has 0 spiro atoms. The van der Waals surface area contributed by atoms with Crippen molar-refractivity contribution in [2.45, 2.75) is 32.2 Å². The number of rotatable bonds is 2. The van der Waals surface area contributed by atoms with Gasteiger partial charge in [-0.05, 0) is 50.3 Å². The molecule has 1 unspecified atom stereocenters. The van der Waals surface area contributed by atoms with Crippen molar-refractivity contribution in [2.75, 3.05) is 24.5 Å². The third kappa shape index (κ3) is 2.24. The van der Waals surface area contributed by atoms with Crippen LogP contribution in [0.3, 0.4) is 0 Å². The van der Waals surface area contributed by atoms with E-state index in [1.165, 1.54) is 24.1 Å². The zero-order valence-corrected chi connectivity index (χ0v) is 11.9. The Morgan fingerprint density at radius 2 is 2.17 bits per heavy atom. The van der Waals surface area contributed by atoms with Crippen LogP contribution in [0.15, 0.2) is 18.2 Å². The van der Waals surface area contributed by atoms with E-state index in [0.29, 0.717) is 0 Å². The quantitative estimate of drug-likeness (QED) is 0.882. The molecule has 1 aliphatic carbocycles. The van der Waals surface area contributed by atoms with Crippen molar-refractivity contribution in [2.24, 2.45) is 5.92 Å². The number of nitrogens with zero attached hydrogens (tertiary/aromatic N) is 1. The molecule has 0 bridgehead atoms. The minimum atomic E-state index is 0.269. The molecule has 0 amide bonds. The molecular formula is C15H21ClN2. The minimum Gasteiger partial charge on any atom is -0.367 e. The molecule has 18 heavy (non-hydrogen) atoms. The molecule has 1 saturated heterocycles. The Hall–Kier alpha value is -0.730. The first-order valence-corrected chi connectivity index (χ1v) is 7.22. The number of piperazine rings is 1. The standard InChI is InChI=1S/C15H21ClN2/c1-11-3-6-13(16)14(9-11)18-8-7-17-15(2,10-18)12-4-5-12/h3,6,9,12,17H,4-5,7-8,10H2,1-2H3. The summed E-state index contributed by atoms with van der Waals surface area (Å²) in [4.78, 5) is 2.45. The minimum absolute atomic E-state index is 0.269. The Morgan fingerprint density at radius 3 is 2.89 bits per heavy atom. The highest BCUT2D eigenvalue weighted by atomic mass is 35.5. The van der Waals surface area contributed by atoms with E-state index in [1.54, 1.807) is 0 Å². The number of aryl methyl sites for hydroxylation is 1. The van der Waals surface area contributed by atoms with Gasteiger partial charge in [-0.2, -0.15) is 0 Å². The van der Waals surface area contributed by atoms with Crippen LogP contribution in [0.5, 0.6) is 0 Å². The van der Waals surface area contributed by atoms with E-state index in [4.69, 9.17) is 11.6 Å². The molecule has 0 aromatic heterocycles. The highest BCUT2D eigenvalue weighted by molar-refractivity contribution is 6.33. The van der Waals surface area contributed by atoms with E-state index in [1.807, 2.05) is 6.07 Å². The normalized spacial score (nSPS) is 28.5. The lowest BCUT2D eigenvalue weighted by Gasteiger charge is -2.43. The second-order valence-electron chi connectivity index (χ2n) is 5.99. The summed E-state index contributed by atoms with van der Waals surface area (Å²) < 4.78 is 0. The summed E-state index contributed by atoms with van der Waals surface area (Å²) in [7, 11) is 0. The summed E-state index contributed by atoms with van der Waals surface area (Å²) >= 11 is 6.36. The van der Waals surface area contributed by atoms with Crippen molar-refractivity contribution in [1.29, 1.82) is 0 Å². The van der Waals surface area contributed by atoms with Crippen LogP contribution in [0.1, 0.15) is 25.3 Å². The summed E-state index contributed by atoms with van der Waals surface area (Å²) in [6.45, 7) is 7.66. The van der Waals surface area contributed by atoms with Gasteiger partial charge in [-0.25, -0.2) is 0 Å². The van der Waals surface area contributed by atoms with E-state index in [-0.39, 0.29) is 5.54 Å². The van der Waals surface area contributed by atoms with Crippen LogP contribution in [0.25, 0.3) is 0 Å².